The molecule has 0 saturated carbocycles. The van der Waals surface area contributed by atoms with Gasteiger partial charge in [0.2, 0.25) is 0 Å². The highest BCUT2D eigenvalue weighted by Gasteiger charge is 2.52. The predicted octanol–water partition coefficient (Wildman–Crippen LogP) is 7.26. The second kappa shape index (κ2) is 10.8. The van der Waals surface area contributed by atoms with E-state index in [4.69, 9.17) is 26.1 Å². The minimum atomic E-state index is -1.62. The number of carbonyl (C=O) groups excluding carboxylic acids is 1. The number of rotatable bonds is 3. The molecule has 4 fully saturated rings. The zero-order chi connectivity index (χ0) is 31.3. The van der Waals surface area contributed by atoms with E-state index in [1.54, 1.807) is 0 Å². The fourth-order valence-corrected chi connectivity index (χ4v) is 9.22. The van der Waals surface area contributed by atoms with E-state index < -0.39 is 23.0 Å². The molecule has 0 radical (unpaired) electrons. The summed E-state index contributed by atoms with van der Waals surface area (Å²) in [6, 6.07) is -0.287. The Kier molecular flexibility index (Phi) is 7.47. The monoisotopic (exact) mass is 745 g/mol. The first-order valence-corrected chi connectivity index (χ1v) is 16.8. The highest BCUT2D eigenvalue weighted by Crippen LogP contribution is 2.50. The van der Waals surface area contributed by atoms with E-state index in [1.807, 2.05) is 48.3 Å². The Bertz CT molecular complexity index is 1580. The van der Waals surface area contributed by atoms with Crippen molar-refractivity contribution in [2.45, 2.75) is 101 Å². The zero-order valence-corrected chi connectivity index (χ0v) is 28.1. The Morgan fingerprint density at radius 1 is 1.20 bits per heavy atom. The van der Waals surface area contributed by atoms with Gasteiger partial charge in [-0.2, -0.15) is 18.7 Å². The number of hydrogen-bond acceptors (Lipinski definition) is 7. The van der Waals surface area contributed by atoms with Gasteiger partial charge in [-0.1, -0.05) is 18.5 Å². The van der Waals surface area contributed by atoms with Gasteiger partial charge in [-0.15, -0.1) is 0 Å². The summed E-state index contributed by atoms with van der Waals surface area (Å²) in [6.45, 7) is 9.27. The molecule has 1 amide bonds. The zero-order valence-electron chi connectivity index (χ0n) is 25.2. The van der Waals surface area contributed by atoms with Crippen LogP contribution in [-0.2, 0) is 4.74 Å². The fraction of sp³-hybridized carbons (Fsp3) is 0.645. The number of aromatic nitrogens is 2. The Balaban J connectivity index is 1.30. The third kappa shape index (κ3) is 4.83. The van der Waals surface area contributed by atoms with Gasteiger partial charge in [0, 0.05) is 18.7 Å². The highest BCUT2D eigenvalue weighted by molar-refractivity contribution is 14.1. The van der Waals surface area contributed by atoms with Crippen LogP contribution in [0.4, 0.5) is 23.8 Å². The Morgan fingerprint density at radius 2 is 1.98 bits per heavy atom. The molecule has 2 bridgehead atoms. The molecule has 44 heavy (non-hydrogen) atoms. The molecule has 5 aliphatic rings. The number of piperazine rings is 1. The molecule has 2 aromatic rings. The molecule has 4 saturated heterocycles. The summed E-state index contributed by atoms with van der Waals surface area (Å²) in [4.78, 5) is 29.1. The van der Waals surface area contributed by atoms with Crippen LogP contribution < -0.4 is 9.64 Å². The van der Waals surface area contributed by atoms with Crippen molar-refractivity contribution in [3.63, 3.8) is 0 Å². The van der Waals surface area contributed by atoms with E-state index in [-0.39, 0.29) is 70.4 Å². The van der Waals surface area contributed by atoms with Crippen LogP contribution >= 0.6 is 34.2 Å². The topological polar surface area (TPSA) is 71.0 Å². The minimum absolute atomic E-state index is 0.0186. The molecule has 7 rings (SSSR count). The van der Waals surface area contributed by atoms with Gasteiger partial charge in [0.25, 0.3) is 6.08 Å². The summed E-state index contributed by atoms with van der Waals surface area (Å²) >= 11 is 8.78. The van der Waals surface area contributed by atoms with E-state index in [2.05, 4.69) is 21.7 Å². The lowest BCUT2D eigenvalue weighted by Crippen LogP contribution is -2.62. The van der Waals surface area contributed by atoms with Crippen LogP contribution in [0.1, 0.15) is 77.7 Å². The number of benzene rings is 1. The highest BCUT2D eigenvalue weighted by atomic mass is 127. The smallest absolute Gasteiger partial charge is 0.410 e. The van der Waals surface area contributed by atoms with Crippen molar-refractivity contribution in [2.75, 3.05) is 31.1 Å². The second-order valence-electron chi connectivity index (χ2n) is 14.0. The van der Waals surface area contributed by atoms with E-state index in [0.717, 1.165) is 37.8 Å². The van der Waals surface area contributed by atoms with Crippen LogP contribution in [0.5, 0.6) is 6.01 Å². The maximum absolute atomic E-state index is 16.0. The largest absolute Gasteiger partial charge is 0.461 e. The minimum Gasteiger partial charge on any atom is -0.461 e. The molecule has 5 aliphatic heterocycles. The van der Waals surface area contributed by atoms with Gasteiger partial charge in [-0.05, 0) is 99.9 Å². The van der Waals surface area contributed by atoms with E-state index in [9.17, 15) is 13.6 Å². The number of anilines is 1. The molecule has 8 nitrogen and oxygen atoms in total. The molecule has 1 unspecified atom stereocenters. The summed E-state index contributed by atoms with van der Waals surface area (Å²) in [5.41, 5.74) is -0.0838. The van der Waals surface area contributed by atoms with Crippen LogP contribution in [0.2, 0.25) is 5.02 Å². The normalized spacial score (nSPS) is 29.6. The van der Waals surface area contributed by atoms with Crippen molar-refractivity contribution >= 4 is 57.0 Å². The number of hydrogen-bond donors (Lipinski definition) is 0. The molecule has 1 aromatic carbocycles. The molecule has 13 heteroatoms. The van der Waals surface area contributed by atoms with Crippen LogP contribution in [0.3, 0.4) is 0 Å². The summed E-state index contributed by atoms with van der Waals surface area (Å²) in [6.07, 6.45) is 2.26. The van der Waals surface area contributed by atoms with E-state index >= 15 is 4.39 Å². The van der Waals surface area contributed by atoms with Gasteiger partial charge in [-0.3, -0.25) is 9.80 Å². The number of fused-ring (bicyclic) bond motifs is 6. The summed E-state index contributed by atoms with van der Waals surface area (Å²) < 4.78 is 55.5. The fourth-order valence-electron chi connectivity index (χ4n) is 8.31. The number of nitrogens with zero attached hydrogens (tertiary/aromatic N) is 5. The van der Waals surface area contributed by atoms with E-state index in [1.165, 1.54) is 0 Å². The Hall–Kier alpha value is -2.06. The molecule has 0 N–H and O–H groups in total. The SMILES string of the molecule is CC1C[C@@H]2[C@@H]3CC[C@H](CN2c2nc(OC[C@@]45CCCN4CC(=C(F)F)C5)nc4c(F)c(I)c(Cl)c1c24)N3C(=O)OC(C)(C)C. The van der Waals surface area contributed by atoms with Gasteiger partial charge >= 0.3 is 12.1 Å². The molecular formula is C31H36ClF3IN5O3. The molecule has 5 atom stereocenters. The van der Waals surface area contributed by atoms with Crippen molar-refractivity contribution < 1.29 is 27.4 Å². The second-order valence-corrected chi connectivity index (χ2v) is 15.5. The summed E-state index contributed by atoms with van der Waals surface area (Å²) in [7, 11) is 0. The lowest BCUT2D eigenvalue weighted by Gasteiger charge is -2.47. The first kappa shape index (κ1) is 30.6. The van der Waals surface area contributed by atoms with Gasteiger partial charge in [0.05, 0.1) is 37.6 Å². The lowest BCUT2D eigenvalue weighted by molar-refractivity contribution is 0.00693. The predicted molar refractivity (Wildman–Crippen MR) is 169 cm³/mol. The molecule has 6 heterocycles. The Morgan fingerprint density at radius 3 is 2.70 bits per heavy atom. The van der Waals surface area contributed by atoms with Crippen LogP contribution in [0.25, 0.3) is 10.9 Å². The van der Waals surface area contributed by atoms with Gasteiger partial charge in [0.15, 0.2) is 5.82 Å². The quantitative estimate of drug-likeness (QED) is 0.242. The molecular weight excluding hydrogens is 710 g/mol. The molecule has 0 spiro atoms. The average Bonchev–Trinajstić information content (AvgIpc) is 3.58. The third-order valence-corrected chi connectivity index (χ3v) is 11.9. The summed E-state index contributed by atoms with van der Waals surface area (Å²) in [5.74, 6) is -0.0453. The van der Waals surface area contributed by atoms with Crippen LogP contribution in [0, 0.1) is 9.39 Å². The van der Waals surface area contributed by atoms with Crippen molar-refractivity contribution in [1.82, 2.24) is 19.8 Å². The van der Waals surface area contributed by atoms with Gasteiger partial charge in [0.1, 0.15) is 23.5 Å². The lowest BCUT2D eigenvalue weighted by atomic mass is 9.89. The third-order valence-electron chi connectivity index (χ3n) is 10.1. The number of carbonyl (C=O) groups is 1. The van der Waals surface area contributed by atoms with Gasteiger partial charge < -0.3 is 14.4 Å². The molecule has 238 valence electrons. The Labute approximate surface area is 273 Å². The number of halogens is 5. The molecule has 1 aromatic heterocycles. The van der Waals surface area contributed by atoms with E-state index in [0.29, 0.717) is 29.2 Å². The van der Waals surface area contributed by atoms with Crippen molar-refractivity contribution in [3.05, 3.63) is 31.6 Å². The van der Waals surface area contributed by atoms with Gasteiger partial charge in [-0.25, -0.2) is 9.18 Å². The first-order chi connectivity index (χ1) is 20.8. The average molecular weight is 746 g/mol. The van der Waals surface area contributed by atoms with Crippen LogP contribution in [0.15, 0.2) is 11.7 Å². The number of amides is 1. The van der Waals surface area contributed by atoms with Crippen molar-refractivity contribution in [2.24, 2.45) is 0 Å². The standard InChI is InChI=1S/C31H36ClF3IN5O3/c1-15-10-19-18-7-6-17(41(18)29(42)44-30(2,3)4)13-40(19)27-21-20(15)22(32)24(36)23(33)25(21)37-28(38-27)43-14-31-8-5-9-39(31)12-16(11-31)26(34)35/h15,17-19H,5-14H2,1-4H3/t15?,17-,18+,19-,31+/m1/s1. The first-order valence-electron chi connectivity index (χ1n) is 15.3. The maximum Gasteiger partial charge on any atom is 0.410 e. The van der Waals surface area contributed by atoms with Crippen LogP contribution in [-0.4, -0.2) is 81.4 Å². The summed E-state index contributed by atoms with van der Waals surface area (Å²) in [5, 5.41) is 0.932. The number of ether oxygens (including phenoxy) is 2. The van der Waals surface area contributed by atoms with Crippen molar-refractivity contribution in [3.8, 4) is 6.01 Å². The maximum atomic E-state index is 16.0. The van der Waals surface area contributed by atoms with Crippen molar-refractivity contribution in [1.29, 1.82) is 0 Å². The molecule has 0 aliphatic carbocycles.